The number of ether oxygens (including phenoxy) is 1. The highest BCUT2D eigenvalue weighted by Crippen LogP contribution is 2.40. The van der Waals surface area contributed by atoms with Crippen LogP contribution in [0.2, 0.25) is 0 Å². The van der Waals surface area contributed by atoms with Crippen molar-refractivity contribution < 1.29 is 9.53 Å². The third-order valence-electron chi connectivity index (χ3n) is 5.08. The number of anilines is 1. The third kappa shape index (κ3) is 3.07. The number of carbonyl (C=O) groups excluding carboxylic acids is 1. The molecule has 1 fully saturated rings. The number of nitrogens with zero attached hydrogens (tertiary/aromatic N) is 3. The lowest BCUT2D eigenvalue weighted by Gasteiger charge is -2.10. The van der Waals surface area contributed by atoms with Crippen LogP contribution in [0.15, 0.2) is 54.6 Å². The van der Waals surface area contributed by atoms with Gasteiger partial charge in [-0.3, -0.25) is 4.79 Å². The molecular weight excluding hydrogens is 352 g/mol. The number of aromatic nitrogens is 3. The van der Waals surface area contributed by atoms with E-state index in [1.165, 1.54) is 0 Å². The lowest BCUT2D eigenvalue weighted by atomic mass is 10.2. The van der Waals surface area contributed by atoms with Crippen molar-refractivity contribution in [2.24, 2.45) is 0 Å². The van der Waals surface area contributed by atoms with E-state index in [1.807, 2.05) is 54.6 Å². The monoisotopic (exact) mass is 372 g/mol. The predicted molar refractivity (Wildman–Crippen MR) is 109 cm³/mol. The van der Waals surface area contributed by atoms with Gasteiger partial charge in [-0.15, -0.1) is 0 Å². The molecule has 1 amide bonds. The van der Waals surface area contributed by atoms with E-state index in [0.29, 0.717) is 11.8 Å². The third-order valence-corrected chi connectivity index (χ3v) is 5.08. The maximum Gasteiger partial charge on any atom is 0.244 e. The van der Waals surface area contributed by atoms with E-state index in [-0.39, 0.29) is 12.5 Å². The summed E-state index contributed by atoms with van der Waals surface area (Å²) in [7, 11) is 1.60. The van der Waals surface area contributed by atoms with Gasteiger partial charge in [0.1, 0.15) is 12.4 Å². The number of nitrogens with one attached hydrogen (secondary N) is 1. The Morgan fingerprint density at radius 1 is 1.11 bits per heavy atom. The average Bonchev–Trinajstić information content (AvgIpc) is 3.50. The SMILES string of the molecule is COc1ccc2cc(NC(=O)Cn3c(C4CC4)nc4ccccc43)ccc2n1. The molecule has 1 aliphatic carbocycles. The topological polar surface area (TPSA) is 69.0 Å². The zero-order valence-corrected chi connectivity index (χ0v) is 15.6. The van der Waals surface area contributed by atoms with Crippen LogP contribution in [0.1, 0.15) is 24.6 Å². The first-order valence-corrected chi connectivity index (χ1v) is 9.41. The van der Waals surface area contributed by atoms with E-state index in [4.69, 9.17) is 9.72 Å². The molecule has 2 aromatic carbocycles. The number of amides is 1. The minimum absolute atomic E-state index is 0.0640. The van der Waals surface area contributed by atoms with Gasteiger partial charge in [-0.05, 0) is 49.2 Å². The second-order valence-corrected chi connectivity index (χ2v) is 7.13. The summed E-state index contributed by atoms with van der Waals surface area (Å²) in [5.74, 6) is 2.00. The minimum atomic E-state index is -0.0640. The molecule has 0 unspecified atom stereocenters. The molecule has 0 radical (unpaired) electrons. The quantitative estimate of drug-likeness (QED) is 0.572. The van der Waals surface area contributed by atoms with Crippen molar-refractivity contribution >= 4 is 33.5 Å². The zero-order chi connectivity index (χ0) is 19.1. The molecule has 6 heteroatoms. The van der Waals surface area contributed by atoms with Crippen LogP contribution in [0.4, 0.5) is 5.69 Å². The maximum atomic E-state index is 12.8. The van der Waals surface area contributed by atoms with Crippen molar-refractivity contribution in [2.75, 3.05) is 12.4 Å². The molecular formula is C22H20N4O2. The Balaban J connectivity index is 1.40. The number of fused-ring (bicyclic) bond motifs is 2. The average molecular weight is 372 g/mol. The number of imidazole rings is 1. The lowest BCUT2D eigenvalue weighted by molar-refractivity contribution is -0.116. The number of methoxy groups -OCH3 is 1. The zero-order valence-electron chi connectivity index (χ0n) is 15.6. The first-order chi connectivity index (χ1) is 13.7. The van der Waals surface area contributed by atoms with Gasteiger partial charge in [0.05, 0.1) is 23.7 Å². The Kier molecular flexibility index (Phi) is 3.97. The fourth-order valence-corrected chi connectivity index (χ4v) is 3.56. The summed E-state index contributed by atoms with van der Waals surface area (Å²) < 4.78 is 7.21. The molecule has 5 rings (SSSR count). The van der Waals surface area contributed by atoms with Crippen LogP contribution >= 0.6 is 0 Å². The number of para-hydroxylation sites is 2. The summed E-state index contributed by atoms with van der Waals surface area (Å²) in [5, 5.41) is 3.96. The molecule has 0 spiro atoms. The van der Waals surface area contributed by atoms with Gasteiger partial charge in [-0.2, -0.15) is 0 Å². The highest BCUT2D eigenvalue weighted by molar-refractivity contribution is 5.94. The van der Waals surface area contributed by atoms with Gasteiger partial charge >= 0.3 is 0 Å². The van der Waals surface area contributed by atoms with Gasteiger partial charge in [0.15, 0.2) is 0 Å². The van der Waals surface area contributed by atoms with Crippen LogP contribution < -0.4 is 10.1 Å². The van der Waals surface area contributed by atoms with Gasteiger partial charge in [-0.25, -0.2) is 9.97 Å². The molecule has 1 saturated carbocycles. The molecule has 1 N–H and O–H groups in total. The van der Waals surface area contributed by atoms with E-state index in [1.54, 1.807) is 7.11 Å². The molecule has 2 aromatic heterocycles. The Morgan fingerprint density at radius 2 is 1.96 bits per heavy atom. The van der Waals surface area contributed by atoms with Crippen molar-refractivity contribution in [3.05, 3.63) is 60.4 Å². The largest absolute Gasteiger partial charge is 0.481 e. The van der Waals surface area contributed by atoms with Crippen LogP contribution in [0, 0.1) is 0 Å². The van der Waals surface area contributed by atoms with Crippen molar-refractivity contribution in [1.29, 1.82) is 0 Å². The second-order valence-electron chi connectivity index (χ2n) is 7.13. The Hall–Kier alpha value is -3.41. The van der Waals surface area contributed by atoms with Crippen LogP contribution in [0.25, 0.3) is 21.9 Å². The molecule has 6 nitrogen and oxygen atoms in total. The molecule has 2 heterocycles. The lowest BCUT2D eigenvalue weighted by Crippen LogP contribution is -2.20. The molecule has 0 aliphatic heterocycles. The highest BCUT2D eigenvalue weighted by Gasteiger charge is 2.30. The van der Waals surface area contributed by atoms with Gasteiger partial charge < -0.3 is 14.6 Å². The summed E-state index contributed by atoms with van der Waals surface area (Å²) in [5.41, 5.74) is 3.54. The number of pyridine rings is 1. The van der Waals surface area contributed by atoms with Crippen LogP contribution in [-0.4, -0.2) is 27.6 Å². The molecule has 4 aromatic rings. The van der Waals surface area contributed by atoms with E-state index in [0.717, 1.165) is 46.3 Å². The number of benzene rings is 2. The predicted octanol–water partition coefficient (Wildman–Crippen LogP) is 4.11. The van der Waals surface area contributed by atoms with Gasteiger partial charge in [0.2, 0.25) is 11.8 Å². The number of carbonyl (C=O) groups is 1. The van der Waals surface area contributed by atoms with E-state index in [9.17, 15) is 4.79 Å². The number of hydrogen-bond acceptors (Lipinski definition) is 4. The Morgan fingerprint density at radius 3 is 2.79 bits per heavy atom. The van der Waals surface area contributed by atoms with E-state index in [2.05, 4.69) is 14.9 Å². The molecule has 1 aliphatic rings. The first-order valence-electron chi connectivity index (χ1n) is 9.41. The molecule has 0 atom stereocenters. The smallest absolute Gasteiger partial charge is 0.244 e. The highest BCUT2D eigenvalue weighted by atomic mass is 16.5. The van der Waals surface area contributed by atoms with Crippen molar-refractivity contribution in [1.82, 2.24) is 14.5 Å². The van der Waals surface area contributed by atoms with Crippen molar-refractivity contribution in [3.8, 4) is 5.88 Å². The molecule has 0 saturated heterocycles. The maximum absolute atomic E-state index is 12.8. The molecule has 140 valence electrons. The molecule has 28 heavy (non-hydrogen) atoms. The van der Waals surface area contributed by atoms with Crippen LogP contribution in [0.5, 0.6) is 5.88 Å². The minimum Gasteiger partial charge on any atom is -0.481 e. The standard InChI is InChI=1S/C22H20N4O2/c1-28-21-11-8-15-12-16(9-10-17(15)24-21)23-20(27)13-26-19-5-3-2-4-18(19)25-22(26)14-6-7-14/h2-5,8-12,14H,6-7,13H2,1H3,(H,23,27). The molecule has 0 bridgehead atoms. The fraction of sp³-hybridized carbons (Fsp3) is 0.227. The second kappa shape index (κ2) is 6.64. The van der Waals surface area contributed by atoms with E-state index < -0.39 is 0 Å². The van der Waals surface area contributed by atoms with Crippen molar-refractivity contribution in [2.45, 2.75) is 25.3 Å². The van der Waals surface area contributed by atoms with Crippen LogP contribution in [-0.2, 0) is 11.3 Å². The summed E-state index contributed by atoms with van der Waals surface area (Å²) >= 11 is 0. The first kappa shape index (κ1) is 16.7. The Bertz CT molecular complexity index is 1190. The van der Waals surface area contributed by atoms with Crippen molar-refractivity contribution in [3.63, 3.8) is 0 Å². The fourth-order valence-electron chi connectivity index (χ4n) is 3.56. The number of hydrogen-bond donors (Lipinski definition) is 1. The van der Waals surface area contributed by atoms with Crippen LogP contribution in [0.3, 0.4) is 0 Å². The summed E-state index contributed by atoms with van der Waals surface area (Å²) in [6, 6.07) is 17.4. The summed E-state index contributed by atoms with van der Waals surface area (Å²) in [6.45, 7) is 0.255. The van der Waals surface area contributed by atoms with E-state index >= 15 is 0 Å². The van der Waals surface area contributed by atoms with Gasteiger partial charge in [0.25, 0.3) is 0 Å². The normalized spacial score (nSPS) is 13.8. The van der Waals surface area contributed by atoms with Gasteiger partial charge in [-0.1, -0.05) is 12.1 Å². The summed E-state index contributed by atoms with van der Waals surface area (Å²) in [6.07, 6.45) is 2.29. The summed E-state index contributed by atoms with van der Waals surface area (Å²) in [4.78, 5) is 21.9. The Labute approximate surface area is 162 Å². The van der Waals surface area contributed by atoms with Gasteiger partial charge in [0, 0.05) is 23.1 Å². The number of rotatable bonds is 5.